The zero-order valence-electron chi connectivity index (χ0n) is 16.1. The van der Waals surface area contributed by atoms with Crippen molar-refractivity contribution in [2.75, 3.05) is 6.67 Å². The van der Waals surface area contributed by atoms with Crippen LogP contribution in [-0.2, 0) is 9.53 Å². The van der Waals surface area contributed by atoms with Crippen LogP contribution in [0.5, 0.6) is 0 Å². The predicted molar refractivity (Wildman–Crippen MR) is 84.8 cm³/mol. The van der Waals surface area contributed by atoms with Crippen LogP contribution in [0.4, 0.5) is 35.1 Å². The second-order valence-electron chi connectivity index (χ2n) is 9.24. The van der Waals surface area contributed by atoms with Gasteiger partial charge < -0.3 is 4.74 Å². The summed E-state index contributed by atoms with van der Waals surface area (Å²) in [4.78, 5) is 12.3. The lowest BCUT2D eigenvalue weighted by Crippen LogP contribution is -2.83. The second kappa shape index (κ2) is 6.45. The highest BCUT2D eigenvalue weighted by Crippen LogP contribution is 2.62. The number of rotatable bonds is 3. The molecule has 2 rings (SSSR count). The van der Waals surface area contributed by atoms with Crippen molar-refractivity contribution in [2.24, 2.45) is 11.3 Å². The molecule has 0 aromatic carbocycles. The van der Waals surface area contributed by atoms with Crippen LogP contribution in [-0.4, -0.2) is 59.9 Å². The molecule has 2 aliphatic carbocycles. The Morgan fingerprint density at radius 3 is 1.96 bits per heavy atom. The molecule has 2 saturated carbocycles. The van der Waals surface area contributed by atoms with Crippen LogP contribution < -0.4 is 0 Å². The summed E-state index contributed by atoms with van der Waals surface area (Å²) in [5, 5.41) is 0. The lowest BCUT2D eigenvalue weighted by Gasteiger charge is -2.59. The SMILES string of the molecule is CC(C(=O)OC1(C)C(F)C2(F)CC(F)(CF)C(F)C(F)(C2F)C1F)C(C)(C)C. The fraction of sp³-hybridized carbons (Fsp3) is 0.944. The first-order chi connectivity index (χ1) is 12.4. The van der Waals surface area contributed by atoms with Gasteiger partial charge in [-0.1, -0.05) is 27.7 Å². The highest BCUT2D eigenvalue weighted by Gasteiger charge is 2.84. The van der Waals surface area contributed by atoms with Gasteiger partial charge in [0.15, 0.2) is 41.6 Å². The van der Waals surface area contributed by atoms with Gasteiger partial charge >= 0.3 is 5.97 Å². The first kappa shape index (κ1) is 23.2. The second-order valence-corrected chi connectivity index (χ2v) is 9.24. The van der Waals surface area contributed by atoms with E-state index in [-0.39, 0.29) is 0 Å². The van der Waals surface area contributed by atoms with Crippen LogP contribution in [0, 0.1) is 11.3 Å². The molecule has 2 nitrogen and oxygen atoms in total. The van der Waals surface area contributed by atoms with E-state index in [4.69, 9.17) is 4.74 Å². The minimum absolute atomic E-state index is 0.456. The Labute approximate surface area is 158 Å². The molecule has 0 aliphatic heterocycles. The summed E-state index contributed by atoms with van der Waals surface area (Å²) in [7, 11) is 0. The number of alkyl halides is 8. The van der Waals surface area contributed by atoms with E-state index in [1.54, 1.807) is 20.8 Å². The van der Waals surface area contributed by atoms with Crippen molar-refractivity contribution >= 4 is 5.97 Å². The number of fused-ring (bicyclic) bond motifs is 2. The predicted octanol–water partition coefficient (Wildman–Crippen LogP) is 4.83. The van der Waals surface area contributed by atoms with E-state index in [0.717, 1.165) is 0 Å². The lowest BCUT2D eigenvalue weighted by molar-refractivity contribution is -0.313. The maximum Gasteiger partial charge on any atom is 0.309 e. The number of carbonyl (C=O) groups excluding carboxylic acids is 1. The van der Waals surface area contributed by atoms with Gasteiger partial charge in [0.1, 0.15) is 6.67 Å². The number of hydrogen-bond acceptors (Lipinski definition) is 2. The van der Waals surface area contributed by atoms with Gasteiger partial charge in [-0.3, -0.25) is 4.79 Å². The van der Waals surface area contributed by atoms with Gasteiger partial charge in [-0.05, 0) is 12.3 Å². The van der Waals surface area contributed by atoms with Crippen molar-refractivity contribution in [1.29, 1.82) is 0 Å². The Morgan fingerprint density at radius 2 is 1.54 bits per heavy atom. The van der Waals surface area contributed by atoms with E-state index in [1.807, 2.05) is 0 Å². The van der Waals surface area contributed by atoms with Gasteiger partial charge in [0.2, 0.25) is 5.67 Å². The molecule has 0 spiro atoms. The lowest BCUT2D eigenvalue weighted by atomic mass is 9.55. The molecule has 28 heavy (non-hydrogen) atoms. The molecule has 10 heteroatoms. The maximum atomic E-state index is 15.1. The van der Waals surface area contributed by atoms with Crippen LogP contribution in [0.25, 0.3) is 0 Å². The van der Waals surface area contributed by atoms with Crippen molar-refractivity contribution in [1.82, 2.24) is 0 Å². The molecule has 0 aromatic rings. The molecular weight excluding hydrogens is 400 g/mol. The molecule has 2 fully saturated rings. The zero-order valence-corrected chi connectivity index (χ0v) is 16.1. The standard InChI is InChI=1S/C18H24F8O2/c1-8(14(2,3)4)9(27)28-15(5)10(20)17(25)6-16(24,7-19)12(22)18(26,11(15)21)13(17)23/h8,10-13H,6-7H2,1-5H3. The summed E-state index contributed by atoms with van der Waals surface area (Å²) < 4.78 is 121. The van der Waals surface area contributed by atoms with Gasteiger partial charge in [0.25, 0.3) is 0 Å². The average molecular weight is 424 g/mol. The minimum atomic E-state index is -4.59. The first-order valence-corrected chi connectivity index (χ1v) is 8.84. The van der Waals surface area contributed by atoms with Crippen LogP contribution in [0.2, 0.25) is 0 Å². The molecule has 2 bridgehead atoms. The van der Waals surface area contributed by atoms with E-state index < -0.39 is 77.7 Å². The van der Waals surface area contributed by atoms with Crippen LogP contribution in [0.15, 0.2) is 0 Å². The van der Waals surface area contributed by atoms with Gasteiger partial charge in [-0.2, -0.15) is 0 Å². The van der Waals surface area contributed by atoms with Crippen LogP contribution >= 0.6 is 0 Å². The molecule has 9 unspecified atom stereocenters. The summed E-state index contributed by atoms with van der Waals surface area (Å²) in [5.41, 5.74) is -16.8. The third kappa shape index (κ3) is 2.83. The zero-order chi connectivity index (χ0) is 22.1. The molecular formula is C18H24F8O2. The Morgan fingerprint density at radius 1 is 1.04 bits per heavy atom. The van der Waals surface area contributed by atoms with E-state index in [9.17, 15) is 31.1 Å². The smallest absolute Gasteiger partial charge is 0.309 e. The van der Waals surface area contributed by atoms with Gasteiger partial charge in [0, 0.05) is 6.42 Å². The van der Waals surface area contributed by atoms with Crippen molar-refractivity contribution < 1.29 is 44.7 Å². The van der Waals surface area contributed by atoms with Gasteiger partial charge in [-0.25, -0.2) is 35.1 Å². The van der Waals surface area contributed by atoms with E-state index >= 15 is 8.78 Å². The normalized spacial score (nSPS) is 50.2. The number of halogens is 8. The van der Waals surface area contributed by atoms with Crippen molar-refractivity contribution in [3.8, 4) is 0 Å². The molecule has 0 saturated heterocycles. The van der Waals surface area contributed by atoms with Crippen molar-refractivity contribution in [3.05, 3.63) is 0 Å². The fourth-order valence-electron chi connectivity index (χ4n) is 3.92. The van der Waals surface area contributed by atoms with Crippen molar-refractivity contribution in [2.45, 2.75) is 88.3 Å². The Balaban J connectivity index is 2.55. The summed E-state index contributed by atoms with van der Waals surface area (Å²) in [6, 6.07) is 0. The van der Waals surface area contributed by atoms with E-state index in [2.05, 4.69) is 0 Å². The van der Waals surface area contributed by atoms with E-state index in [1.165, 1.54) is 6.92 Å². The highest BCUT2D eigenvalue weighted by molar-refractivity contribution is 5.73. The van der Waals surface area contributed by atoms with E-state index in [0.29, 0.717) is 6.92 Å². The molecule has 0 N–H and O–H groups in total. The first-order valence-electron chi connectivity index (χ1n) is 8.84. The quantitative estimate of drug-likeness (QED) is 0.479. The maximum absolute atomic E-state index is 15.1. The molecule has 2 aliphatic rings. The summed E-state index contributed by atoms with van der Waals surface area (Å²) >= 11 is 0. The summed E-state index contributed by atoms with van der Waals surface area (Å²) in [5.74, 6) is -2.26. The van der Waals surface area contributed by atoms with Gasteiger partial charge in [0.05, 0.1) is 5.92 Å². The molecule has 0 aromatic heterocycles. The molecule has 0 heterocycles. The highest BCUT2D eigenvalue weighted by atomic mass is 19.2. The third-order valence-corrected chi connectivity index (χ3v) is 6.23. The summed E-state index contributed by atoms with van der Waals surface area (Å²) in [6.07, 6.45) is -16.6. The summed E-state index contributed by atoms with van der Waals surface area (Å²) in [6.45, 7) is 4.22. The van der Waals surface area contributed by atoms with Crippen LogP contribution in [0.3, 0.4) is 0 Å². The molecule has 9 atom stereocenters. The largest absolute Gasteiger partial charge is 0.453 e. The number of hydrogen-bond donors (Lipinski definition) is 0. The average Bonchev–Trinajstić information content (AvgIpc) is 2.61. The number of esters is 1. The Kier molecular flexibility index (Phi) is 5.35. The Bertz CT molecular complexity index is 636. The van der Waals surface area contributed by atoms with Crippen molar-refractivity contribution in [3.63, 3.8) is 0 Å². The molecule has 0 radical (unpaired) electrons. The molecule has 0 amide bonds. The third-order valence-electron chi connectivity index (χ3n) is 6.23. The monoisotopic (exact) mass is 424 g/mol. The number of ether oxygens (including phenoxy) is 1. The fourth-order valence-corrected chi connectivity index (χ4v) is 3.92. The number of carbonyl (C=O) groups is 1. The topological polar surface area (TPSA) is 26.3 Å². The Hall–Kier alpha value is -1.09. The minimum Gasteiger partial charge on any atom is -0.453 e. The van der Waals surface area contributed by atoms with Gasteiger partial charge in [-0.15, -0.1) is 0 Å². The molecule has 164 valence electrons. The van der Waals surface area contributed by atoms with Crippen LogP contribution in [0.1, 0.15) is 41.0 Å².